The number of Topliss-reactive ketones (excluding diaryl/α,β-unsaturated/α-hetero) is 1. The van der Waals surface area contributed by atoms with Gasteiger partial charge in [0.05, 0.1) is 13.9 Å². The molecule has 0 heterocycles. The maximum atomic E-state index is 11.6. The van der Waals surface area contributed by atoms with Gasteiger partial charge < -0.3 is 9.53 Å². The second-order valence-electron chi connectivity index (χ2n) is 18.7. The summed E-state index contributed by atoms with van der Waals surface area (Å²) < 4.78 is 113. The van der Waals surface area contributed by atoms with Gasteiger partial charge in [-0.15, -0.1) is 0 Å². The van der Waals surface area contributed by atoms with E-state index in [1.54, 1.807) is 26.0 Å². The summed E-state index contributed by atoms with van der Waals surface area (Å²) in [7, 11) is 1.08. The Balaban J connectivity index is -0.0000000483. The van der Waals surface area contributed by atoms with Crippen molar-refractivity contribution >= 4 is 27.4 Å². The number of thioether (sulfide) groups is 1. The van der Waals surface area contributed by atoms with E-state index >= 15 is 0 Å². The van der Waals surface area contributed by atoms with Gasteiger partial charge in [0, 0.05) is 59.4 Å². The summed E-state index contributed by atoms with van der Waals surface area (Å²) in [5.41, 5.74) is 5.97. The maximum absolute atomic E-state index is 11.6. The van der Waals surface area contributed by atoms with E-state index in [1.165, 1.54) is 72.6 Å². The predicted octanol–water partition coefficient (Wildman–Crippen LogP) is 24.2. The van der Waals surface area contributed by atoms with Gasteiger partial charge in [-0.3, -0.25) is 8.78 Å². The van der Waals surface area contributed by atoms with Crippen molar-refractivity contribution in [1.82, 2.24) is 0 Å². The van der Waals surface area contributed by atoms with Crippen molar-refractivity contribution in [1.29, 1.82) is 0 Å². The molecule has 0 fully saturated rings. The first-order valence-electron chi connectivity index (χ1n) is 25.7. The first kappa shape index (κ1) is 119. The Labute approximate surface area is 545 Å². The molecule has 15 heteroatoms. The molecule has 0 atom stereocenters. The average molecular weight is 1320 g/mol. The van der Waals surface area contributed by atoms with Gasteiger partial charge in [0.1, 0.15) is 15.6 Å². The topological polar surface area (TPSA) is 60.4 Å². The summed E-state index contributed by atoms with van der Waals surface area (Å²) in [6, 6.07) is 49.1. The Hall–Kier alpha value is -3.43. The molecule has 0 spiro atoms. The number of ether oxygens (including phenoxy) is 1. The molecule has 0 saturated carbocycles. The van der Waals surface area contributed by atoms with Gasteiger partial charge in [0.25, 0.3) is 0 Å². The number of hydrogen-bond acceptors (Lipinski definition) is 5. The van der Waals surface area contributed by atoms with Crippen molar-refractivity contribution in [3.05, 3.63) is 167 Å². The van der Waals surface area contributed by atoms with E-state index in [2.05, 4.69) is 168 Å². The van der Waals surface area contributed by atoms with Gasteiger partial charge in [0.2, 0.25) is 0 Å². The number of alkyl halides is 8. The molecule has 0 aliphatic carbocycles. The van der Waals surface area contributed by atoms with Crippen molar-refractivity contribution in [3.63, 3.8) is 0 Å². The van der Waals surface area contributed by atoms with Crippen LogP contribution in [0.25, 0.3) is 11.1 Å². The number of carbonyl (C=O) groups is 1. The number of rotatable bonds is 1. The summed E-state index contributed by atoms with van der Waals surface area (Å²) in [5, 5.41) is 0. The molecule has 1 radical (unpaired) electrons. The van der Waals surface area contributed by atoms with E-state index in [9.17, 15) is 48.3 Å². The summed E-state index contributed by atoms with van der Waals surface area (Å²) in [5.74, 6) is 0.167. The molecule has 0 aromatic heterocycles. The van der Waals surface area contributed by atoms with Crippen LogP contribution in [0.5, 0.6) is 0 Å². The molecule has 497 valence electrons. The van der Waals surface area contributed by atoms with E-state index in [0.29, 0.717) is 12.6 Å². The van der Waals surface area contributed by atoms with Gasteiger partial charge in [-0.2, -0.15) is 110 Å². The number of ketones is 1. The Morgan fingerprint density at radius 3 is 0.738 bits per heavy atom. The fraction of sp³-hybridized carbons (Fsp3) is 0.551. The largest absolute Gasteiger partial charge is 0.402 e. The molecule has 0 aliphatic rings. The number of halogens is 8. The number of sulfone groups is 1. The fourth-order valence-electron chi connectivity index (χ4n) is 3.13. The number of benzene rings is 5. The third kappa shape index (κ3) is 121. The van der Waals surface area contributed by atoms with Crippen LogP contribution in [0.3, 0.4) is 0 Å². The molecule has 0 bridgehead atoms. The minimum atomic E-state index is -5.24. The quantitative estimate of drug-likeness (QED) is 0.124. The van der Waals surface area contributed by atoms with E-state index < -0.39 is 27.6 Å². The normalized spacial score (nSPS) is 8.80. The molecule has 5 aromatic rings. The van der Waals surface area contributed by atoms with Crippen molar-refractivity contribution in [2.75, 3.05) is 53.1 Å². The fourth-order valence-corrected chi connectivity index (χ4v) is 3.13. The van der Waals surface area contributed by atoms with Crippen molar-refractivity contribution in [3.8, 4) is 11.1 Å². The summed E-state index contributed by atoms with van der Waals surface area (Å²) in [6.45, 7) is 36.2. The number of carbonyl (C=O) groups excluding carboxylic acids is 1. The molecule has 5 rings (SSSR count). The van der Waals surface area contributed by atoms with Gasteiger partial charge in [-0.1, -0.05) is 221 Å². The smallest absolute Gasteiger partial charge is 0.388 e. The van der Waals surface area contributed by atoms with Crippen LogP contribution in [0.2, 0.25) is 0 Å². The zero-order valence-corrected chi connectivity index (χ0v) is 58.8. The molecule has 0 saturated heterocycles. The molecule has 5 aromatic carbocycles. The minimum Gasteiger partial charge on any atom is -0.388 e. The third-order valence-electron chi connectivity index (χ3n) is 6.56. The second-order valence-corrected chi connectivity index (χ2v) is 21.8. The van der Waals surface area contributed by atoms with Crippen LogP contribution in [-0.2, 0) is 52.1 Å². The summed E-state index contributed by atoms with van der Waals surface area (Å²) >= 11 is 1.75. The number of methoxy groups -OCH3 is 1. The standard InChI is InChI=1S/C14H14.C7H8.2C7H7.C5H6F6.C5H12.C3H6O.2C3H8.C2H5F.C2H6O2S.C2H6O.C2H6S.C2H6.CH3F.4CH4.Y/c1-11-3-7-13(8-4-11)14-9-5-12(2)6-10-14;3*1-7-5-3-2-4-6-7;1-3(2,4(6,7)8)5(9,10)11;1-5(2,3)4;1-3(2)4;2*1-3-2;1-2-3;1-5(2,3)4;2*1-3-2;2*1-2;;;;;/h3-10H,1-2H3;2-6H,1H3;2*3-6H,1H3;1-2H3;1-4H3;1-2H3;2*3H2,1-2H3;2H2,1H3;1-2H3;2*1-2H3;1-2H3;1H3;4*1H4;/q;;2*-1;;;;;;;;;;;;;;;;. The Bertz CT molecular complexity index is 1850. The molecular formula is C69H124F8O4S2Y-2. The third-order valence-corrected chi connectivity index (χ3v) is 6.56. The van der Waals surface area contributed by atoms with E-state index in [1.807, 2.05) is 93.1 Å². The van der Waals surface area contributed by atoms with E-state index in [4.69, 9.17) is 0 Å². The second kappa shape index (κ2) is 79.6. The van der Waals surface area contributed by atoms with E-state index in [-0.39, 0.29) is 88.7 Å². The zero-order chi connectivity index (χ0) is 64.9. The van der Waals surface area contributed by atoms with Gasteiger partial charge in [-0.05, 0) is 84.4 Å². The van der Waals surface area contributed by atoms with Crippen LogP contribution >= 0.6 is 11.8 Å². The monoisotopic (exact) mass is 1320 g/mol. The van der Waals surface area contributed by atoms with Crippen molar-refractivity contribution < 1.29 is 85.8 Å². The molecule has 0 amide bonds. The maximum Gasteiger partial charge on any atom is 0.402 e. The molecular weight excluding hydrogens is 1200 g/mol. The van der Waals surface area contributed by atoms with Crippen LogP contribution < -0.4 is 0 Å². The van der Waals surface area contributed by atoms with Crippen molar-refractivity contribution in [2.45, 2.75) is 193 Å². The van der Waals surface area contributed by atoms with Crippen LogP contribution in [0.15, 0.2) is 127 Å². The summed E-state index contributed by atoms with van der Waals surface area (Å²) in [6.07, 6.45) is -1.59. The van der Waals surface area contributed by atoms with E-state index in [0.717, 1.165) is 12.5 Å². The SMILES string of the molecule is C.C.C.C.CC.CC(C)(C(F)(F)F)C(F)(F)F.CC(C)(C)C.CC(C)=O.CCC.CCC.CCF.CF.COC.CS(C)(=O)=O.CSC.Cc1cc[c-]cc1.Cc1cc[c-]cc1.Cc1ccc(-c2ccc(C)cc2)cc1.Cc1ccccc1.[Y]. The minimum absolute atomic E-state index is 0. The van der Waals surface area contributed by atoms with Gasteiger partial charge in [-0.25, -0.2) is 8.42 Å². The summed E-state index contributed by atoms with van der Waals surface area (Å²) in [4.78, 5) is 9.44. The Kier molecular flexibility index (Phi) is 112. The van der Waals surface area contributed by atoms with Crippen LogP contribution in [0.4, 0.5) is 35.1 Å². The van der Waals surface area contributed by atoms with Gasteiger partial charge in [0.15, 0.2) is 5.41 Å². The molecule has 0 N–H and O–H groups in total. The molecule has 4 nitrogen and oxygen atoms in total. The first-order valence-corrected chi connectivity index (χ1v) is 29.7. The molecule has 84 heavy (non-hydrogen) atoms. The van der Waals surface area contributed by atoms with Gasteiger partial charge >= 0.3 is 12.4 Å². The van der Waals surface area contributed by atoms with Crippen molar-refractivity contribution in [2.24, 2.45) is 10.8 Å². The number of hydrogen-bond donors (Lipinski definition) is 0. The Morgan fingerprint density at radius 1 is 0.500 bits per heavy atom. The average Bonchev–Trinajstić information content (AvgIpc) is 3.32. The zero-order valence-electron chi connectivity index (χ0n) is 54.3. The first-order chi connectivity index (χ1) is 36.2. The Morgan fingerprint density at radius 2 is 0.643 bits per heavy atom. The predicted molar refractivity (Wildman–Crippen MR) is 362 cm³/mol. The van der Waals surface area contributed by atoms with Crippen LogP contribution in [-0.4, -0.2) is 79.6 Å². The molecule has 0 unspecified atom stereocenters. The number of aryl methyl sites for hydroxylation is 5. The van der Waals surface area contributed by atoms with Crippen LogP contribution in [0, 0.1) is 57.6 Å². The molecule has 0 aliphatic heterocycles. The van der Waals surface area contributed by atoms with Crippen LogP contribution in [0.1, 0.15) is 174 Å².